The van der Waals surface area contributed by atoms with Crippen molar-refractivity contribution in [2.45, 2.75) is 25.8 Å². The van der Waals surface area contributed by atoms with Crippen molar-refractivity contribution in [1.29, 1.82) is 0 Å². The molecule has 1 atom stereocenters. The standard InChI is InChI=1S/C19H29N3O2.2ClH/c1-15-3-2-4-17(11-15)18(22-7-9-24-10-8-22)13-21-19(23)14-20-12-16-5-6-16;;/h2-4,11,16,18,20H,5-10,12-14H2,1H3,(H,21,23);2*1H. The van der Waals surface area contributed by atoms with Gasteiger partial charge in [-0.2, -0.15) is 0 Å². The maximum atomic E-state index is 12.1. The zero-order valence-electron chi connectivity index (χ0n) is 15.4. The van der Waals surface area contributed by atoms with Crippen molar-refractivity contribution in [1.82, 2.24) is 15.5 Å². The molecule has 5 nitrogen and oxygen atoms in total. The third-order valence-electron chi connectivity index (χ3n) is 4.82. The van der Waals surface area contributed by atoms with Gasteiger partial charge in [0.1, 0.15) is 0 Å². The predicted octanol–water partition coefficient (Wildman–Crippen LogP) is 2.33. The lowest BCUT2D eigenvalue weighted by Gasteiger charge is -2.35. The van der Waals surface area contributed by atoms with E-state index < -0.39 is 0 Å². The monoisotopic (exact) mass is 403 g/mol. The Bertz CT molecular complexity index is 549. The van der Waals surface area contributed by atoms with Crippen LogP contribution in [-0.2, 0) is 9.53 Å². The molecule has 2 aliphatic rings. The third kappa shape index (κ3) is 7.41. The lowest BCUT2D eigenvalue weighted by Crippen LogP contribution is -2.45. The summed E-state index contributed by atoms with van der Waals surface area (Å²) in [7, 11) is 0. The van der Waals surface area contributed by atoms with Gasteiger partial charge >= 0.3 is 0 Å². The van der Waals surface area contributed by atoms with E-state index in [9.17, 15) is 4.79 Å². The van der Waals surface area contributed by atoms with E-state index >= 15 is 0 Å². The van der Waals surface area contributed by atoms with E-state index in [0.717, 1.165) is 38.8 Å². The normalized spacial score (nSPS) is 18.3. The fourth-order valence-electron chi connectivity index (χ4n) is 3.21. The molecule has 0 radical (unpaired) electrons. The van der Waals surface area contributed by atoms with Gasteiger partial charge in [0, 0.05) is 19.6 Å². The van der Waals surface area contributed by atoms with Gasteiger partial charge in [-0.1, -0.05) is 29.8 Å². The summed E-state index contributed by atoms with van der Waals surface area (Å²) in [4.78, 5) is 14.5. The first-order valence-electron chi connectivity index (χ1n) is 9.08. The number of hydrogen-bond acceptors (Lipinski definition) is 4. The van der Waals surface area contributed by atoms with Crippen molar-refractivity contribution >= 4 is 30.7 Å². The second kappa shape index (κ2) is 11.8. The Hall–Kier alpha value is -0.850. The highest BCUT2D eigenvalue weighted by molar-refractivity contribution is 5.85. The second-order valence-corrected chi connectivity index (χ2v) is 6.96. The molecule has 1 heterocycles. The molecular weight excluding hydrogens is 373 g/mol. The van der Waals surface area contributed by atoms with Gasteiger partial charge < -0.3 is 15.4 Å². The summed E-state index contributed by atoms with van der Waals surface area (Å²) in [6, 6.07) is 8.79. The van der Waals surface area contributed by atoms with E-state index in [4.69, 9.17) is 4.74 Å². The first-order chi connectivity index (χ1) is 11.7. The van der Waals surface area contributed by atoms with E-state index in [1.807, 2.05) is 0 Å². The number of halogens is 2. The minimum absolute atomic E-state index is 0. The van der Waals surface area contributed by atoms with Crippen molar-refractivity contribution in [3.8, 4) is 0 Å². The van der Waals surface area contributed by atoms with Gasteiger partial charge in [0.15, 0.2) is 0 Å². The number of amides is 1. The highest BCUT2D eigenvalue weighted by Gasteiger charge is 2.24. The first kappa shape index (κ1) is 23.2. The lowest BCUT2D eigenvalue weighted by atomic mass is 10.0. The van der Waals surface area contributed by atoms with Gasteiger partial charge in [0.2, 0.25) is 5.91 Å². The number of benzene rings is 1. The van der Waals surface area contributed by atoms with Crippen molar-refractivity contribution in [3.63, 3.8) is 0 Å². The van der Waals surface area contributed by atoms with Crippen LogP contribution in [0.3, 0.4) is 0 Å². The van der Waals surface area contributed by atoms with Crippen LogP contribution < -0.4 is 10.6 Å². The molecule has 2 N–H and O–H groups in total. The Morgan fingerprint density at radius 3 is 2.65 bits per heavy atom. The Labute approximate surface area is 169 Å². The summed E-state index contributed by atoms with van der Waals surface area (Å²) in [6.07, 6.45) is 2.61. The van der Waals surface area contributed by atoms with Crippen molar-refractivity contribution in [2.75, 3.05) is 45.9 Å². The number of hydrogen-bond donors (Lipinski definition) is 2. The van der Waals surface area contributed by atoms with Crippen LogP contribution in [0.4, 0.5) is 0 Å². The number of nitrogens with zero attached hydrogens (tertiary/aromatic N) is 1. The molecule has 0 spiro atoms. The number of ether oxygens (including phenoxy) is 1. The molecule has 1 amide bonds. The van der Waals surface area contributed by atoms with Gasteiger partial charge in [-0.3, -0.25) is 9.69 Å². The average Bonchev–Trinajstić information content (AvgIpc) is 3.40. The van der Waals surface area contributed by atoms with Crippen LogP contribution in [0.1, 0.15) is 30.0 Å². The van der Waals surface area contributed by atoms with E-state index in [-0.39, 0.29) is 36.8 Å². The number of carbonyl (C=O) groups excluding carboxylic acids is 1. The van der Waals surface area contributed by atoms with Gasteiger partial charge in [-0.25, -0.2) is 0 Å². The lowest BCUT2D eigenvalue weighted by molar-refractivity contribution is -0.120. The number of aryl methyl sites for hydroxylation is 1. The molecule has 1 aliphatic heterocycles. The maximum absolute atomic E-state index is 12.1. The highest BCUT2D eigenvalue weighted by Crippen LogP contribution is 2.27. The minimum atomic E-state index is 0. The molecule has 1 saturated carbocycles. The molecule has 0 aromatic heterocycles. The van der Waals surface area contributed by atoms with Gasteiger partial charge in [-0.05, 0) is 37.8 Å². The molecule has 1 unspecified atom stereocenters. The van der Waals surface area contributed by atoms with Crippen LogP contribution >= 0.6 is 24.8 Å². The van der Waals surface area contributed by atoms with Crippen LogP contribution in [0.2, 0.25) is 0 Å². The molecule has 7 heteroatoms. The molecule has 0 bridgehead atoms. The zero-order valence-corrected chi connectivity index (χ0v) is 17.0. The number of morpholine rings is 1. The van der Waals surface area contributed by atoms with E-state index in [1.165, 1.54) is 24.0 Å². The average molecular weight is 404 g/mol. The summed E-state index contributed by atoms with van der Waals surface area (Å²) < 4.78 is 5.48. The number of carbonyl (C=O) groups is 1. The van der Waals surface area contributed by atoms with Crippen LogP contribution in [0.15, 0.2) is 24.3 Å². The van der Waals surface area contributed by atoms with E-state index in [2.05, 4.69) is 46.7 Å². The van der Waals surface area contributed by atoms with Gasteiger partial charge in [0.25, 0.3) is 0 Å². The number of rotatable bonds is 8. The van der Waals surface area contributed by atoms with Crippen LogP contribution in [0.25, 0.3) is 0 Å². The smallest absolute Gasteiger partial charge is 0.234 e. The van der Waals surface area contributed by atoms with Crippen molar-refractivity contribution in [2.24, 2.45) is 5.92 Å². The molecule has 2 fully saturated rings. The molecule has 3 rings (SSSR count). The molecule has 1 aromatic carbocycles. The van der Waals surface area contributed by atoms with E-state index in [1.54, 1.807) is 0 Å². The summed E-state index contributed by atoms with van der Waals surface area (Å²) in [6.45, 7) is 7.49. The summed E-state index contributed by atoms with van der Waals surface area (Å²) >= 11 is 0. The largest absolute Gasteiger partial charge is 0.379 e. The van der Waals surface area contributed by atoms with Crippen LogP contribution in [0, 0.1) is 12.8 Å². The quantitative estimate of drug-likeness (QED) is 0.699. The molecule has 26 heavy (non-hydrogen) atoms. The Balaban J connectivity index is 0.00000169. The van der Waals surface area contributed by atoms with Crippen molar-refractivity contribution < 1.29 is 9.53 Å². The highest BCUT2D eigenvalue weighted by atomic mass is 35.5. The predicted molar refractivity (Wildman–Crippen MR) is 109 cm³/mol. The van der Waals surface area contributed by atoms with Crippen molar-refractivity contribution in [3.05, 3.63) is 35.4 Å². The summed E-state index contributed by atoms with van der Waals surface area (Å²) in [5, 5.41) is 6.36. The Kier molecular flexibility index (Phi) is 10.5. The number of nitrogens with one attached hydrogen (secondary N) is 2. The van der Waals surface area contributed by atoms with Gasteiger partial charge in [-0.15, -0.1) is 24.8 Å². The van der Waals surface area contributed by atoms with Crippen LogP contribution in [-0.4, -0.2) is 56.7 Å². The summed E-state index contributed by atoms with van der Waals surface area (Å²) in [5.74, 6) is 0.882. The van der Waals surface area contributed by atoms with Crippen LogP contribution in [0.5, 0.6) is 0 Å². The Morgan fingerprint density at radius 2 is 2.00 bits per heavy atom. The second-order valence-electron chi connectivity index (χ2n) is 6.96. The first-order valence-corrected chi connectivity index (χ1v) is 9.08. The molecule has 148 valence electrons. The summed E-state index contributed by atoms with van der Waals surface area (Å²) in [5.41, 5.74) is 2.52. The Morgan fingerprint density at radius 1 is 1.27 bits per heavy atom. The third-order valence-corrected chi connectivity index (χ3v) is 4.82. The van der Waals surface area contributed by atoms with Gasteiger partial charge in [0.05, 0.1) is 25.8 Å². The van der Waals surface area contributed by atoms with E-state index in [0.29, 0.717) is 13.1 Å². The zero-order chi connectivity index (χ0) is 16.8. The fourth-order valence-corrected chi connectivity index (χ4v) is 3.21. The SMILES string of the molecule is Cc1cccc(C(CNC(=O)CNCC2CC2)N2CCOCC2)c1.Cl.Cl. The molecular formula is C19H31Cl2N3O2. The minimum Gasteiger partial charge on any atom is -0.379 e. The fraction of sp³-hybridized carbons (Fsp3) is 0.632. The molecule has 1 aliphatic carbocycles. The molecule has 1 aromatic rings. The maximum Gasteiger partial charge on any atom is 0.234 e. The molecule has 1 saturated heterocycles. The topological polar surface area (TPSA) is 53.6 Å².